The predicted molar refractivity (Wildman–Crippen MR) is 115 cm³/mol. The second-order valence-corrected chi connectivity index (χ2v) is 8.04. The molecule has 2 N–H and O–H groups in total. The Morgan fingerprint density at radius 1 is 0.968 bits per heavy atom. The third kappa shape index (κ3) is 4.55. The van der Waals surface area contributed by atoms with E-state index in [0.29, 0.717) is 38.9 Å². The number of alkyl carbamates (subject to hydrolysis) is 1. The highest BCUT2D eigenvalue weighted by Gasteiger charge is 2.35. The highest BCUT2D eigenvalue weighted by atomic mass is 16.5. The van der Waals surface area contributed by atoms with E-state index in [0.717, 1.165) is 0 Å². The lowest BCUT2D eigenvalue weighted by Gasteiger charge is -2.36. The van der Waals surface area contributed by atoms with Crippen molar-refractivity contribution in [2.75, 3.05) is 26.2 Å². The fourth-order valence-electron chi connectivity index (χ4n) is 4.24. The number of carboxylic acid groups (broad SMARTS) is 1. The van der Waals surface area contributed by atoms with Gasteiger partial charge in [0.1, 0.15) is 6.61 Å². The summed E-state index contributed by atoms with van der Waals surface area (Å²) in [5.74, 6) is -1.28. The SMILES string of the molecule is O=C(NCCCCC(=O)N1CC(C(=O)O)C1)OCC1c2ccccc2-c2ccccc21. The number of nitrogens with zero attached hydrogens (tertiary/aromatic N) is 1. The van der Waals surface area contributed by atoms with Crippen LogP contribution in [-0.2, 0) is 14.3 Å². The maximum absolute atomic E-state index is 12.1. The lowest BCUT2D eigenvalue weighted by molar-refractivity contribution is -0.152. The number of unbranched alkanes of at least 4 members (excludes halogenated alkanes) is 1. The first-order valence-electron chi connectivity index (χ1n) is 10.6. The van der Waals surface area contributed by atoms with Gasteiger partial charge in [-0.05, 0) is 35.1 Å². The second kappa shape index (κ2) is 9.20. The summed E-state index contributed by atoms with van der Waals surface area (Å²) in [6.07, 6.45) is 1.20. The molecule has 1 aliphatic heterocycles. The van der Waals surface area contributed by atoms with Gasteiger partial charge in [0.15, 0.2) is 0 Å². The van der Waals surface area contributed by atoms with Gasteiger partial charge in [-0.2, -0.15) is 0 Å². The van der Waals surface area contributed by atoms with Crippen LogP contribution in [0.2, 0.25) is 0 Å². The maximum Gasteiger partial charge on any atom is 0.407 e. The number of hydrogen-bond donors (Lipinski definition) is 2. The van der Waals surface area contributed by atoms with Crippen molar-refractivity contribution < 1.29 is 24.2 Å². The standard InChI is InChI=1S/C24H26N2O5/c27-22(26-13-16(14-26)23(28)29)11-5-6-12-25-24(30)31-15-21-19-9-3-1-7-17(19)18-8-2-4-10-20(18)21/h1-4,7-10,16,21H,5-6,11-15H2,(H,25,30)(H,28,29). The van der Waals surface area contributed by atoms with Crippen LogP contribution in [0.4, 0.5) is 4.79 Å². The maximum atomic E-state index is 12.1. The van der Waals surface area contributed by atoms with E-state index < -0.39 is 18.0 Å². The van der Waals surface area contributed by atoms with Crippen LogP contribution in [0, 0.1) is 5.92 Å². The average molecular weight is 422 g/mol. The molecule has 7 nitrogen and oxygen atoms in total. The van der Waals surface area contributed by atoms with Crippen LogP contribution in [0.1, 0.15) is 36.3 Å². The molecule has 162 valence electrons. The number of nitrogens with one attached hydrogen (secondary N) is 1. The Bertz CT molecular complexity index is 938. The van der Waals surface area contributed by atoms with Crippen LogP contribution in [0.5, 0.6) is 0 Å². The third-order valence-corrected chi connectivity index (χ3v) is 6.01. The van der Waals surface area contributed by atoms with E-state index in [9.17, 15) is 14.4 Å². The van der Waals surface area contributed by atoms with Crippen LogP contribution >= 0.6 is 0 Å². The van der Waals surface area contributed by atoms with Gasteiger partial charge in [-0.25, -0.2) is 4.79 Å². The van der Waals surface area contributed by atoms with Gasteiger partial charge in [0.2, 0.25) is 5.91 Å². The Morgan fingerprint density at radius 3 is 2.19 bits per heavy atom. The number of hydrogen-bond acceptors (Lipinski definition) is 4. The minimum atomic E-state index is -0.851. The van der Waals surface area contributed by atoms with Gasteiger partial charge in [-0.1, -0.05) is 48.5 Å². The van der Waals surface area contributed by atoms with Crippen LogP contribution < -0.4 is 5.32 Å². The van der Waals surface area contributed by atoms with Crippen molar-refractivity contribution in [3.05, 3.63) is 59.7 Å². The molecule has 1 aliphatic carbocycles. The number of benzene rings is 2. The highest BCUT2D eigenvalue weighted by Crippen LogP contribution is 2.44. The Kier molecular flexibility index (Phi) is 6.21. The molecule has 0 spiro atoms. The molecular formula is C24H26N2O5. The first-order valence-corrected chi connectivity index (χ1v) is 10.6. The summed E-state index contributed by atoms with van der Waals surface area (Å²) in [7, 11) is 0. The molecule has 4 rings (SSSR count). The molecule has 1 saturated heterocycles. The first kappa shape index (κ1) is 20.9. The van der Waals surface area contributed by atoms with Crippen LogP contribution in [0.3, 0.4) is 0 Å². The van der Waals surface area contributed by atoms with E-state index in [1.165, 1.54) is 22.3 Å². The van der Waals surface area contributed by atoms with Crippen LogP contribution in [-0.4, -0.2) is 54.2 Å². The summed E-state index contributed by atoms with van der Waals surface area (Å²) < 4.78 is 5.49. The predicted octanol–water partition coefficient (Wildman–Crippen LogP) is 3.24. The van der Waals surface area contributed by atoms with E-state index in [4.69, 9.17) is 9.84 Å². The summed E-state index contributed by atoms with van der Waals surface area (Å²) in [6, 6.07) is 16.4. The zero-order valence-electron chi connectivity index (χ0n) is 17.3. The molecule has 2 aliphatic rings. The van der Waals surface area contributed by atoms with Crippen molar-refractivity contribution >= 4 is 18.0 Å². The second-order valence-electron chi connectivity index (χ2n) is 8.04. The van der Waals surface area contributed by atoms with Crippen molar-refractivity contribution in [2.45, 2.75) is 25.2 Å². The summed E-state index contributed by atoms with van der Waals surface area (Å²) in [6.45, 7) is 1.30. The quantitative estimate of drug-likeness (QED) is 0.637. The molecule has 0 unspecified atom stereocenters. The van der Waals surface area contributed by atoms with Gasteiger partial charge in [-0.3, -0.25) is 9.59 Å². The molecular weight excluding hydrogens is 396 g/mol. The number of aliphatic carboxylic acids is 1. The Morgan fingerprint density at radius 2 is 1.58 bits per heavy atom. The largest absolute Gasteiger partial charge is 0.481 e. The number of carbonyl (C=O) groups is 3. The van der Waals surface area contributed by atoms with Crippen LogP contribution in [0.15, 0.2) is 48.5 Å². The fraction of sp³-hybridized carbons (Fsp3) is 0.375. The molecule has 2 amide bonds. The molecule has 0 atom stereocenters. The lowest BCUT2D eigenvalue weighted by Crippen LogP contribution is -2.52. The van der Waals surface area contributed by atoms with Crippen molar-refractivity contribution in [2.24, 2.45) is 5.92 Å². The minimum Gasteiger partial charge on any atom is -0.481 e. The highest BCUT2D eigenvalue weighted by molar-refractivity contribution is 5.81. The van der Waals surface area contributed by atoms with Gasteiger partial charge in [-0.15, -0.1) is 0 Å². The number of amides is 2. The molecule has 7 heteroatoms. The summed E-state index contributed by atoms with van der Waals surface area (Å²) in [5.41, 5.74) is 4.72. The monoisotopic (exact) mass is 422 g/mol. The Labute approximate surface area is 181 Å². The van der Waals surface area contributed by atoms with E-state index >= 15 is 0 Å². The van der Waals surface area contributed by atoms with Gasteiger partial charge in [0.25, 0.3) is 0 Å². The molecule has 1 fully saturated rings. The molecule has 0 radical (unpaired) electrons. The molecule has 0 aromatic heterocycles. The smallest absolute Gasteiger partial charge is 0.407 e. The van der Waals surface area contributed by atoms with E-state index in [1.807, 2.05) is 24.3 Å². The molecule has 2 aromatic rings. The number of fused-ring (bicyclic) bond motifs is 3. The van der Waals surface area contributed by atoms with Crippen molar-refractivity contribution in [3.8, 4) is 11.1 Å². The number of carboxylic acids is 1. The number of ether oxygens (including phenoxy) is 1. The van der Waals surface area contributed by atoms with Gasteiger partial charge in [0, 0.05) is 32.0 Å². The molecule has 1 heterocycles. The molecule has 2 aromatic carbocycles. The zero-order valence-corrected chi connectivity index (χ0v) is 17.3. The van der Waals surface area contributed by atoms with Gasteiger partial charge >= 0.3 is 12.1 Å². The zero-order chi connectivity index (χ0) is 21.8. The van der Waals surface area contributed by atoms with E-state index in [1.54, 1.807) is 4.90 Å². The van der Waals surface area contributed by atoms with E-state index in [-0.39, 0.29) is 18.4 Å². The van der Waals surface area contributed by atoms with Crippen molar-refractivity contribution in [3.63, 3.8) is 0 Å². The topological polar surface area (TPSA) is 95.9 Å². The van der Waals surface area contributed by atoms with E-state index in [2.05, 4.69) is 29.6 Å². The minimum absolute atomic E-state index is 0.0290. The Balaban J connectivity index is 1.16. The molecule has 0 saturated carbocycles. The van der Waals surface area contributed by atoms with Gasteiger partial charge < -0.3 is 20.1 Å². The normalized spacial score (nSPS) is 15.0. The molecule has 0 bridgehead atoms. The Hall–Kier alpha value is -3.35. The third-order valence-electron chi connectivity index (χ3n) is 6.01. The average Bonchev–Trinajstić information content (AvgIpc) is 3.04. The number of carbonyl (C=O) groups excluding carboxylic acids is 2. The van der Waals surface area contributed by atoms with Crippen molar-refractivity contribution in [1.29, 1.82) is 0 Å². The lowest BCUT2D eigenvalue weighted by atomic mass is 9.98. The number of likely N-dealkylation sites (tertiary alicyclic amines) is 1. The van der Waals surface area contributed by atoms with Crippen molar-refractivity contribution in [1.82, 2.24) is 10.2 Å². The summed E-state index contributed by atoms with van der Waals surface area (Å²) >= 11 is 0. The molecule has 31 heavy (non-hydrogen) atoms. The fourth-order valence-corrected chi connectivity index (χ4v) is 4.24. The summed E-state index contributed by atoms with van der Waals surface area (Å²) in [5, 5.41) is 11.6. The van der Waals surface area contributed by atoms with Gasteiger partial charge in [0.05, 0.1) is 5.92 Å². The summed E-state index contributed by atoms with van der Waals surface area (Å²) in [4.78, 5) is 36.4. The van der Waals surface area contributed by atoms with Crippen LogP contribution in [0.25, 0.3) is 11.1 Å². The first-order chi connectivity index (χ1) is 15.0. The number of rotatable bonds is 8.